The van der Waals surface area contributed by atoms with Gasteiger partial charge in [0.15, 0.2) is 0 Å². The highest BCUT2D eigenvalue weighted by atomic mass is 79.9. The minimum absolute atomic E-state index is 0.103. The molecule has 21 heavy (non-hydrogen) atoms. The van der Waals surface area contributed by atoms with Gasteiger partial charge in [0.05, 0.1) is 4.47 Å². The molecule has 0 aromatic heterocycles. The number of fused-ring (bicyclic) bond motifs is 1. The Kier molecular flexibility index (Phi) is 3.88. The van der Waals surface area contributed by atoms with Crippen LogP contribution in [0, 0.1) is 11.6 Å². The smallest absolute Gasteiger partial charge is 0.134 e. The standard InChI is InChI=1S/C17H11BrF2O/c18-17-15-4-2-1-3-12(15)5-6-16(17)21-10-11-7-13(19)9-14(20)8-11/h1-9H,10H2. The molecule has 4 heteroatoms. The molecule has 0 spiro atoms. The first-order valence-electron chi connectivity index (χ1n) is 6.38. The SMILES string of the molecule is Fc1cc(F)cc(COc2ccc3ccccc3c2Br)c1. The predicted octanol–water partition coefficient (Wildman–Crippen LogP) is 5.46. The summed E-state index contributed by atoms with van der Waals surface area (Å²) in [4.78, 5) is 0. The molecule has 0 saturated heterocycles. The summed E-state index contributed by atoms with van der Waals surface area (Å²) in [6.45, 7) is 0.103. The van der Waals surface area contributed by atoms with Crippen molar-refractivity contribution in [1.82, 2.24) is 0 Å². The van der Waals surface area contributed by atoms with E-state index in [0.717, 1.165) is 21.3 Å². The van der Waals surface area contributed by atoms with Gasteiger partial charge in [-0.3, -0.25) is 0 Å². The highest BCUT2D eigenvalue weighted by Gasteiger charge is 2.07. The van der Waals surface area contributed by atoms with Gasteiger partial charge >= 0.3 is 0 Å². The third-order valence-electron chi connectivity index (χ3n) is 3.14. The molecule has 0 N–H and O–H groups in total. The van der Waals surface area contributed by atoms with Crippen LogP contribution in [0.2, 0.25) is 0 Å². The molecule has 0 fully saturated rings. The zero-order chi connectivity index (χ0) is 14.8. The number of hydrogen-bond donors (Lipinski definition) is 0. The van der Waals surface area contributed by atoms with Gasteiger partial charge < -0.3 is 4.74 Å². The quantitative estimate of drug-likeness (QED) is 0.610. The number of halogens is 3. The molecule has 3 aromatic rings. The summed E-state index contributed by atoms with van der Waals surface area (Å²) in [7, 11) is 0. The second-order valence-electron chi connectivity index (χ2n) is 4.67. The van der Waals surface area contributed by atoms with Crippen LogP contribution in [0.1, 0.15) is 5.56 Å². The summed E-state index contributed by atoms with van der Waals surface area (Å²) >= 11 is 3.51. The van der Waals surface area contributed by atoms with Crippen molar-refractivity contribution in [3.63, 3.8) is 0 Å². The van der Waals surface area contributed by atoms with Gasteiger partial charge in [0.25, 0.3) is 0 Å². The third kappa shape index (κ3) is 3.05. The van der Waals surface area contributed by atoms with E-state index in [4.69, 9.17) is 4.74 Å². The summed E-state index contributed by atoms with van der Waals surface area (Å²) in [5, 5.41) is 2.12. The van der Waals surface area contributed by atoms with Crippen molar-refractivity contribution in [3.8, 4) is 5.75 Å². The molecule has 0 aliphatic heterocycles. The average Bonchev–Trinajstić information content (AvgIpc) is 2.46. The summed E-state index contributed by atoms with van der Waals surface area (Å²) < 4.78 is 32.8. The minimum atomic E-state index is -0.605. The Morgan fingerprint density at radius 1 is 0.905 bits per heavy atom. The van der Waals surface area contributed by atoms with Crippen LogP contribution in [0.4, 0.5) is 8.78 Å². The molecule has 0 aliphatic carbocycles. The van der Waals surface area contributed by atoms with E-state index in [9.17, 15) is 8.78 Å². The monoisotopic (exact) mass is 348 g/mol. The van der Waals surface area contributed by atoms with Crippen molar-refractivity contribution >= 4 is 26.7 Å². The summed E-state index contributed by atoms with van der Waals surface area (Å²) in [5.74, 6) is -0.573. The van der Waals surface area contributed by atoms with E-state index in [1.165, 1.54) is 12.1 Å². The molecule has 3 rings (SSSR count). The van der Waals surface area contributed by atoms with Crippen LogP contribution < -0.4 is 4.74 Å². The van der Waals surface area contributed by atoms with Gasteiger partial charge in [-0.25, -0.2) is 8.78 Å². The van der Waals surface area contributed by atoms with E-state index in [0.29, 0.717) is 11.3 Å². The first kappa shape index (κ1) is 14.0. The lowest BCUT2D eigenvalue weighted by molar-refractivity contribution is 0.303. The van der Waals surface area contributed by atoms with Gasteiger partial charge in [0.1, 0.15) is 24.0 Å². The highest BCUT2D eigenvalue weighted by molar-refractivity contribution is 9.10. The van der Waals surface area contributed by atoms with Crippen LogP contribution >= 0.6 is 15.9 Å². The second kappa shape index (κ2) is 5.82. The Morgan fingerprint density at radius 2 is 1.62 bits per heavy atom. The van der Waals surface area contributed by atoms with Crippen molar-refractivity contribution in [2.75, 3.05) is 0 Å². The number of ether oxygens (including phenoxy) is 1. The van der Waals surface area contributed by atoms with Gasteiger partial charge in [-0.15, -0.1) is 0 Å². The Balaban J connectivity index is 1.86. The summed E-state index contributed by atoms with van der Waals surface area (Å²) in [6.07, 6.45) is 0. The first-order chi connectivity index (χ1) is 10.1. The molecular weight excluding hydrogens is 338 g/mol. The third-order valence-corrected chi connectivity index (χ3v) is 3.96. The second-order valence-corrected chi connectivity index (χ2v) is 5.46. The Labute approximate surface area is 129 Å². The zero-order valence-corrected chi connectivity index (χ0v) is 12.5. The van der Waals surface area contributed by atoms with Crippen molar-refractivity contribution in [2.24, 2.45) is 0 Å². The predicted molar refractivity (Wildman–Crippen MR) is 82.3 cm³/mol. The van der Waals surface area contributed by atoms with Gasteiger partial charge in [-0.05, 0) is 50.5 Å². The number of hydrogen-bond acceptors (Lipinski definition) is 1. The molecule has 0 saturated carbocycles. The molecule has 0 aliphatic rings. The lowest BCUT2D eigenvalue weighted by Crippen LogP contribution is -1.98. The van der Waals surface area contributed by atoms with Crippen LogP contribution in [-0.2, 0) is 6.61 Å². The fourth-order valence-corrected chi connectivity index (χ4v) is 2.79. The molecule has 0 bridgehead atoms. The van der Waals surface area contributed by atoms with Crippen LogP contribution in [0.25, 0.3) is 10.8 Å². The summed E-state index contributed by atoms with van der Waals surface area (Å²) in [5.41, 5.74) is 0.451. The van der Waals surface area contributed by atoms with Crippen LogP contribution in [0.5, 0.6) is 5.75 Å². The van der Waals surface area contributed by atoms with Crippen molar-refractivity contribution < 1.29 is 13.5 Å². The van der Waals surface area contributed by atoms with Crippen LogP contribution in [0.15, 0.2) is 59.1 Å². The van der Waals surface area contributed by atoms with E-state index in [-0.39, 0.29) is 6.61 Å². The van der Waals surface area contributed by atoms with Gasteiger partial charge in [0.2, 0.25) is 0 Å². The van der Waals surface area contributed by atoms with E-state index in [1.807, 2.05) is 36.4 Å². The topological polar surface area (TPSA) is 9.23 Å². The maximum absolute atomic E-state index is 13.1. The largest absolute Gasteiger partial charge is 0.488 e. The lowest BCUT2D eigenvalue weighted by atomic mass is 10.1. The maximum atomic E-state index is 13.1. The van der Waals surface area contributed by atoms with Crippen molar-refractivity contribution in [1.29, 1.82) is 0 Å². The molecule has 0 radical (unpaired) electrons. The van der Waals surface area contributed by atoms with Gasteiger partial charge in [-0.1, -0.05) is 30.3 Å². The number of benzene rings is 3. The average molecular weight is 349 g/mol. The molecule has 0 unspecified atom stereocenters. The molecule has 0 heterocycles. The molecule has 0 amide bonds. The van der Waals surface area contributed by atoms with E-state index in [1.54, 1.807) is 0 Å². The van der Waals surface area contributed by atoms with E-state index < -0.39 is 11.6 Å². The van der Waals surface area contributed by atoms with Gasteiger partial charge in [-0.2, -0.15) is 0 Å². The highest BCUT2D eigenvalue weighted by Crippen LogP contribution is 2.33. The van der Waals surface area contributed by atoms with Crippen molar-refractivity contribution in [2.45, 2.75) is 6.61 Å². The Bertz CT molecular complexity index is 782. The van der Waals surface area contributed by atoms with Crippen LogP contribution in [-0.4, -0.2) is 0 Å². The van der Waals surface area contributed by atoms with Crippen molar-refractivity contribution in [3.05, 3.63) is 76.3 Å². The normalized spacial score (nSPS) is 10.8. The van der Waals surface area contributed by atoms with E-state index >= 15 is 0 Å². The van der Waals surface area contributed by atoms with E-state index in [2.05, 4.69) is 15.9 Å². The molecule has 0 atom stereocenters. The zero-order valence-electron chi connectivity index (χ0n) is 10.9. The fourth-order valence-electron chi connectivity index (χ4n) is 2.18. The Morgan fingerprint density at radius 3 is 2.38 bits per heavy atom. The molecular formula is C17H11BrF2O. The van der Waals surface area contributed by atoms with Crippen LogP contribution in [0.3, 0.4) is 0 Å². The Hall–Kier alpha value is -1.94. The molecule has 106 valence electrons. The molecule has 3 aromatic carbocycles. The fraction of sp³-hybridized carbons (Fsp3) is 0.0588. The molecule has 1 nitrogen and oxygen atoms in total. The first-order valence-corrected chi connectivity index (χ1v) is 7.18. The maximum Gasteiger partial charge on any atom is 0.134 e. The summed E-state index contributed by atoms with van der Waals surface area (Å²) in [6, 6.07) is 15.0. The van der Waals surface area contributed by atoms with Gasteiger partial charge in [0, 0.05) is 6.07 Å². The number of rotatable bonds is 3. The minimum Gasteiger partial charge on any atom is -0.488 e. The lowest BCUT2D eigenvalue weighted by Gasteiger charge is -2.10.